The van der Waals surface area contributed by atoms with Gasteiger partial charge in [-0.05, 0) is 37.0 Å². The molecular weight excluding hydrogens is 364 g/mol. The summed E-state index contributed by atoms with van der Waals surface area (Å²) in [6.07, 6.45) is 5.67. The first-order valence-electron chi connectivity index (χ1n) is 9.77. The van der Waals surface area contributed by atoms with Gasteiger partial charge in [-0.25, -0.2) is 4.98 Å². The van der Waals surface area contributed by atoms with E-state index in [9.17, 15) is 9.59 Å². The lowest BCUT2D eigenvalue weighted by molar-refractivity contribution is -0.134. The Hall–Kier alpha value is -1.92. The maximum absolute atomic E-state index is 12.5. The number of aromatic amines is 1. The van der Waals surface area contributed by atoms with Gasteiger partial charge >= 0.3 is 0 Å². The molecule has 1 N–H and O–H groups in total. The van der Waals surface area contributed by atoms with Gasteiger partial charge in [-0.15, -0.1) is 0 Å². The minimum absolute atomic E-state index is 0.164. The van der Waals surface area contributed by atoms with Gasteiger partial charge in [-0.3, -0.25) is 14.5 Å². The number of amides is 1. The molecule has 4 rings (SSSR count). The Morgan fingerprint density at radius 3 is 2.67 bits per heavy atom. The number of carbonyl (C=O) groups excluding carboxylic acids is 1. The third-order valence-corrected chi connectivity index (χ3v) is 5.99. The van der Waals surface area contributed by atoms with Crippen molar-refractivity contribution in [1.29, 1.82) is 0 Å². The number of fused-ring (bicyclic) bond motifs is 1. The van der Waals surface area contributed by atoms with Crippen LogP contribution < -0.4 is 5.56 Å². The minimum atomic E-state index is -0.164. The van der Waals surface area contributed by atoms with Crippen LogP contribution in [0.2, 0.25) is 5.02 Å². The van der Waals surface area contributed by atoms with Crippen LogP contribution in [0.1, 0.15) is 37.9 Å². The van der Waals surface area contributed by atoms with Gasteiger partial charge < -0.3 is 9.88 Å². The van der Waals surface area contributed by atoms with Crippen LogP contribution in [0, 0.1) is 5.92 Å². The second-order valence-corrected chi connectivity index (χ2v) is 8.12. The quantitative estimate of drug-likeness (QED) is 0.874. The molecule has 0 radical (unpaired) electrons. The van der Waals surface area contributed by atoms with Gasteiger partial charge in [0.15, 0.2) is 0 Å². The van der Waals surface area contributed by atoms with Gasteiger partial charge in [0, 0.05) is 37.6 Å². The molecule has 0 atom stereocenters. The zero-order valence-corrected chi connectivity index (χ0v) is 16.2. The normalized spacial score (nSPS) is 19.1. The molecule has 2 aliphatic rings. The Morgan fingerprint density at radius 2 is 1.93 bits per heavy atom. The van der Waals surface area contributed by atoms with Crippen molar-refractivity contribution in [2.24, 2.45) is 5.92 Å². The van der Waals surface area contributed by atoms with Crippen LogP contribution in [0.3, 0.4) is 0 Å². The summed E-state index contributed by atoms with van der Waals surface area (Å²) in [6.45, 7) is 3.69. The van der Waals surface area contributed by atoms with Crippen molar-refractivity contribution >= 4 is 28.4 Å². The summed E-state index contributed by atoms with van der Waals surface area (Å²) in [4.78, 5) is 36.4. The fourth-order valence-corrected chi connectivity index (χ4v) is 4.36. The maximum Gasteiger partial charge on any atom is 0.258 e. The molecule has 1 aromatic carbocycles. The number of nitrogens with one attached hydrogen (secondary N) is 1. The predicted octanol–water partition coefficient (Wildman–Crippen LogP) is 2.80. The van der Waals surface area contributed by atoms with Crippen LogP contribution in [-0.2, 0) is 11.3 Å². The third-order valence-electron chi connectivity index (χ3n) is 5.75. The second-order valence-electron chi connectivity index (χ2n) is 7.69. The molecule has 6 nitrogen and oxygen atoms in total. The van der Waals surface area contributed by atoms with E-state index in [1.807, 2.05) is 4.90 Å². The predicted molar refractivity (Wildman–Crippen MR) is 106 cm³/mol. The molecule has 1 saturated heterocycles. The van der Waals surface area contributed by atoms with Crippen LogP contribution in [-0.4, -0.2) is 51.9 Å². The molecule has 2 aromatic rings. The van der Waals surface area contributed by atoms with E-state index in [4.69, 9.17) is 11.6 Å². The van der Waals surface area contributed by atoms with E-state index in [0.717, 1.165) is 26.2 Å². The van der Waals surface area contributed by atoms with E-state index < -0.39 is 0 Å². The molecule has 1 amide bonds. The van der Waals surface area contributed by atoms with Crippen LogP contribution in [0.15, 0.2) is 23.0 Å². The average molecular weight is 389 g/mol. The van der Waals surface area contributed by atoms with Gasteiger partial charge in [0.2, 0.25) is 5.91 Å². The molecule has 0 unspecified atom stereocenters. The van der Waals surface area contributed by atoms with Crippen LogP contribution in [0.25, 0.3) is 10.9 Å². The lowest BCUT2D eigenvalue weighted by Crippen LogP contribution is -2.48. The lowest BCUT2D eigenvalue weighted by atomic mass is 10.0. The smallest absolute Gasteiger partial charge is 0.258 e. The van der Waals surface area contributed by atoms with Crippen molar-refractivity contribution in [2.75, 3.05) is 26.2 Å². The highest BCUT2D eigenvalue weighted by Crippen LogP contribution is 2.28. The largest absolute Gasteiger partial charge is 0.340 e. The monoisotopic (exact) mass is 388 g/mol. The van der Waals surface area contributed by atoms with Gasteiger partial charge in [0.25, 0.3) is 5.56 Å². The number of rotatable bonds is 4. The maximum atomic E-state index is 12.5. The van der Waals surface area contributed by atoms with Crippen molar-refractivity contribution < 1.29 is 4.79 Å². The molecule has 27 heavy (non-hydrogen) atoms. The molecule has 2 heterocycles. The summed E-state index contributed by atoms with van der Waals surface area (Å²) >= 11 is 5.96. The van der Waals surface area contributed by atoms with Crippen LogP contribution in [0.4, 0.5) is 0 Å². The fourth-order valence-electron chi connectivity index (χ4n) is 4.19. The molecule has 144 valence electrons. The minimum Gasteiger partial charge on any atom is -0.340 e. The highest BCUT2D eigenvalue weighted by Gasteiger charge is 2.25. The molecule has 1 aliphatic carbocycles. The van der Waals surface area contributed by atoms with Crippen molar-refractivity contribution in [3.63, 3.8) is 0 Å². The van der Waals surface area contributed by atoms with Crippen molar-refractivity contribution in [3.05, 3.63) is 39.4 Å². The number of nitrogens with zero attached hydrogens (tertiary/aromatic N) is 3. The van der Waals surface area contributed by atoms with E-state index in [-0.39, 0.29) is 5.56 Å². The SMILES string of the molecule is O=C(CC1CCCC1)N1CCN(Cc2nc3ccc(Cl)cc3c(=O)[nH]2)CC1. The number of piperazine rings is 1. The Balaban J connectivity index is 1.35. The highest BCUT2D eigenvalue weighted by atomic mass is 35.5. The molecule has 1 aromatic heterocycles. The number of aromatic nitrogens is 2. The molecule has 7 heteroatoms. The number of benzene rings is 1. The molecule has 2 fully saturated rings. The number of carbonyl (C=O) groups is 1. The first-order valence-corrected chi connectivity index (χ1v) is 10.1. The van der Waals surface area contributed by atoms with Gasteiger partial charge in [-0.1, -0.05) is 24.4 Å². The van der Waals surface area contributed by atoms with Crippen molar-refractivity contribution in [1.82, 2.24) is 19.8 Å². The van der Waals surface area contributed by atoms with Gasteiger partial charge in [0.05, 0.1) is 17.4 Å². The van der Waals surface area contributed by atoms with Crippen molar-refractivity contribution in [3.8, 4) is 0 Å². The second kappa shape index (κ2) is 7.98. The summed E-state index contributed by atoms with van der Waals surface area (Å²) in [5.74, 6) is 1.55. The Labute approximate surface area is 163 Å². The van der Waals surface area contributed by atoms with E-state index >= 15 is 0 Å². The molecule has 1 aliphatic heterocycles. The highest BCUT2D eigenvalue weighted by molar-refractivity contribution is 6.31. The first-order chi connectivity index (χ1) is 13.1. The summed E-state index contributed by atoms with van der Waals surface area (Å²) in [7, 11) is 0. The lowest BCUT2D eigenvalue weighted by Gasteiger charge is -2.35. The zero-order chi connectivity index (χ0) is 18.8. The molecular formula is C20H25ClN4O2. The van der Waals surface area contributed by atoms with E-state index in [1.54, 1.807) is 18.2 Å². The van der Waals surface area contributed by atoms with Crippen LogP contribution in [0.5, 0.6) is 0 Å². The zero-order valence-electron chi connectivity index (χ0n) is 15.4. The Kier molecular flexibility index (Phi) is 5.45. The summed E-state index contributed by atoms with van der Waals surface area (Å²) in [5, 5.41) is 1.04. The summed E-state index contributed by atoms with van der Waals surface area (Å²) in [5.41, 5.74) is 0.492. The van der Waals surface area contributed by atoms with E-state index in [0.29, 0.717) is 46.5 Å². The van der Waals surface area contributed by atoms with E-state index in [1.165, 1.54) is 25.7 Å². The topological polar surface area (TPSA) is 69.3 Å². The van der Waals surface area contributed by atoms with Gasteiger partial charge in [-0.2, -0.15) is 0 Å². The first kappa shape index (κ1) is 18.4. The number of H-pyrrole nitrogens is 1. The third kappa shape index (κ3) is 4.33. The van der Waals surface area contributed by atoms with Crippen molar-refractivity contribution in [2.45, 2.75) is 38.6 Å². The number of hydrogen-bond donors (Lipinski definition) is 1. The average Bonchev–Trinajstić information content (AvgIpc) is 3.16. The fraction of sp³-hybridized carbons (Fsp3) is 0.550. The molecule has 0 bridgehead atoms. The standard InChI is InChI=1S/C20H25ClN4O2/c21-15-5-6-17-16(12-15)20(27)23-18(22-17)13-24-7-9-25(10-8-24)19(26)11-14-3-1-2-4-14/h5-6,12,14H,1-4,7-11,13H2,(H,22,23,27). The number of hydrogen-bond acceptors (Lipinski definition) is 4. The molecule has 1 saturated carbocycles. The Morgan fingerprint density at radius 1 is 1.19 bits per heavy atom. The van der Waals surface area contributed by atoms with Crippen LogP contribution >= 0.6 is 11.6 Å². The number of halogens is 1. The van der Waals surface area contributed by atoms with Gasteiger partial charge in [0.1, 0.15) is 5.82 Å². The summed E-state index contributed by atoms with van der Waals surface area (Å²) < 4.78 is 0. The Bertz CT molecular complexity index is 883. The molecule has 0 spiro atoms. The van der Waals surface area contributed by atoms with E-state index in [2.05, 4.69) is 14.9 Å². The summed E-state index contributed by atoms with van der Waals surface area (Å²) in [6, 6.07) is 5.16.